The van der Waals surface area contributed by atoms with Gasteiger partial charge in [-0.3, -0.25) is 0 Å². The van der Waals surface area contributed by atoms with Crippen molar-refractivity contribution in [2.75, 3.05) is 11.4 Å². The topological polar surface area (TPSA) is 3.24 Å². The number of benzene rings is 2. The summed E-state index contributed by atoms with van der Waals surface area (Å²) < 4.78 is 0. The molecule has 18 heavy (non-hydrogen) atoms. The lowest BCUT2D eigenvalue weighted by Gasteiger charge is -2.24. The van der Waals surface area contributed by atoms with E-state index in [-0.39, 0.29) is 0 Å². The highest BCUT2D eigenvalue weighted by Gasteiger charge is 2.18. The quantitative estimate of drug-likeness (QED) is 0.681. The van der Waals surface area contributed by atoms with Crippen LogP contribution in [-0.4, -0.2) is 6.54 Å². The first-order chi connectivity index (χ1) is 8.90. The van der Waals surface area contributed by atoms with Gasteiger partial charge in [-0.2, -0.15) is 0 Å². The number of hydrogen-bond acceptors (Lipinski definition) is 1. The van der Waals surface area contributed by atoms with Crippen LogP contribution in [0.25, 0.3) is 0 Å². The van der Waals surface area contributed by atoms with Gasteiger partial charge in [0.25, 0.3) is 0 Å². The molecule has 1 aliphatic heterocycles. The van der Waals surface area contributed by atoms with E-state index in [1.807, 2.05) is 0 Å². The van der Waals surface area contributed by atoms with Gasteiger partial charge >= 0.3 is 0 Å². The molecule has 0 radical (unpaired) electrons. The highest BCUT2D eigenvalue weighted by atomic mass is 15.1. The first-order valence-electron chi connectivity index (χ1n) is 6.27. The van der Waals surface area contributed by atoms with E-state index in [1.165, 1.54) is 22.5 Å². The van der Waals surface area contributed by atoms with Gasteiger partial charge < -0.3 is 4.90 Å². The fraction of sp³-hybridized carbons (Fsp3) is 0.176. The third-order valence-electron chi connectivity index (χ3n) is 3.48. The molecule has 0 aromatic heterocycles. The summed E-state index contributed by atoms with van der Waals surface area (Å²) in [6.07, 6.45) is 7.69. The molecule has 1 heteroatoms. The minimum atomic E-state index is 0.619. The van der Waals surface area contributed by atoms with E-state index >= 15 is 0 Å². The molecule has 3 rings (SSSR count). The van der Waals surface area contributed by atoms with Crippen molar-refractivity contribution in [3.8, 4) is 12.3 Å². The van der Waals surface area contributed by atoms with Crippen LogP contribution in [0.1, 0.15) is 11.1 Å². The molecule has 0 N–H and O–H groups in total. The number of hydrogen-bond donors (Lipinski definition) is 0. The Kier molecular flexibility index (Phi) is 2.78. The van der Waals surface area contributed by atoms with Crippen molar-refractivity contribution < 1.29 is 0 Å². The van der Waals surface area contributed by atoms with Crippen LogP contribution in [0, 0.1) is 12.3 Å². The maximum atomic E-state index is 5.53. The summed E-state index contributed by atoms with van der Waals surface area (Å²) in [7, 11) is 0. The third kappa shape index (κ3) is 1.76. The fourth-order valence-electron chi connectivity index (χ4n) is 2.63. The first-order valence-corrected chi connectivity index (χ1v) is 6.27. The van der Waals surface area contributed by atoms with E-state index in [9.17, 15) is 0 Å². The van der Waals surface area contributed by atoms with Crippen molar-refractivity contribution in [3.63, 3.8) is 0 Å². The van der Waals surface area contributed by atoms with Crippen molar-refractivity contribution in [3.05, 3.63) is 59.7 Å². The van der Waals surface area contributed by atoms with Gasteiger partial charge in [0.2, 0.25) is 0 Å². The number of fused-ring (bicyclic) bond motifs is 2. The normalized spacial score (nSPS) is 13.2. The largest absolute Gasteiger partial charge is 0.329 e. The zero-order valence-corrected chi connectivity index (χ0v) is 10.3. The van der Waals surface area contributed by atoms with Gasteiger partial charge in [0.1, 0.15) is 0 Å². The maximum absolute atomic E-state index is 5.53. The van der Waals surface area contributed by atoms with Gasteiger partial charge in [0.05, 0.1) is 6.54 Å². The number of nitrogens with zero attached hydrogens (tertiary/aromatic N) is 1. The highest BCUT2D eigenvalue weighted by molar-refractivity contribution is 5.71. The van der Waals surface area contributed by atoms with Crippen LogP contribution in [0.4, 0.5) is 11.4 Å². The molecule has 0 saturated heterocycles. The number of anilines is 2. The van der Waals surface area contributed by atoms with Crippen LogP contribution in [-0.2, 0) is 12.8 Å². The average molecular weight is 233 g/mol. The van der Waals surface area contributed by atoms with E-state index < -0.39 is 0 Å². The molecule has 1 nitrogen and oxygen atoms in total. The number of rotatable bonds is 1. The van der Waals surface area contributed by atoms with Gasteiger partial charge in [-0.05, 0) is 36.1 Å². The molecule has 0 atom stereocenters. The molecule has 0 bridgehead atoms. The van der Waals surface area contributed by atoms with Crippen LogP contribution in [0.2, 0.25) is 0 Å². The highest BCUT2D eigenvalue weighted by Crippen LogP contribution is 2.35. The van der Waals surface area contributed by atoms with E-state index in [1.54, 1.807) is 0 Å². The van der Waals surface area contributed by atoms with Gasteiger partial charge in [-0.25, -0.2) is 0 Å². The SMILES string of the molecule is C#CCN1c2ccccc2CCc2ccccc21. The van der Waals surface area contributed by atoms with Gasteiger partial charge in [0, 0.05) is 11.4 Å². The van der Waals surface area contributed by atoms with Crippen LogP contribution in [0.3, 0.4) is 0 Å². The minimum absolute atomic E-state index is 0.619. The number of terminal acetylenes is 1. The summed E-state index contributed by atoms with van der Waals surface area (Å²) >= 11 is 0. The van der Waals surface area contributed by atoms with Crippen LogP contribution in [0.5, 0.6) is 0 Å². The van der Waals surface area contributed by atoms with Crippen LogP contribution in [0.15, 0.2) is 48.5 Å². The Bertz CT molecular complexity index is 560. The second-order valence-electron chi connectivity index (χ2n) is 4.55. The summed E-state index contributed by atoms with van der Waals surface area (Å²) in [5.74, 6) is 2.77. The Balaban J connectivity index is 2.18. The number of para-hydroxylation sites is 2. The Morgan fingerprint density at radius 1 is 0.889 bits per heavy atom. The number of aryl methyl sites for hydroxylation is 2. The Hall–Kier alpha value is -2.20. The molecule has 2 aromatic rings. The van der Waals surface area contributed by atoms with Crippen molar-refractivity contribution >= 4 is 11.4 Å². The summed E-state index contributed by atoms with van der Waals surface area (Å²) in [6.45, 7) is 0.619. The fourth-order valence-corrected chi connectivity index (χ4v) is 2.63. The van der Waals surface area contributed by atoms with Gasteiger partial charge in [0.15, 0.2) is 0 Å². The van der Waals surface area contributed by atoms with Crippen molar-refractivity contribution in [2.45, 2.75) is 12.8 Å². The second kappa shape index (κ2) is 4.58. The molecule has 0 aliphatic carbocycles. The average Bonchev–Trinajstić information content (AvgIpc) is 2.58. The molecule has 0 spiro atoms. The molecular formula is C17H15N. The van der Waals surface area contributed by atoms with Crippen molar-refractivity contribution in [1.29, 1.82) is 0 Å². The monoisotopic (exact) mass is 233 g/mol. The predicted molar refractivity (Wildman–Crippen MR) is 76.1 cm³/mol. The molecule has 0 amide bonds. The second-order valence-corrected chi connectivity index (χ2v) is 4.55. The lowest BCUT2D eigenvalue weighted by Crippen LogP contribution is -2.18. The molecule has 88 valence electrons. The third-order valence-corrected chi connectivity index (χ3v) is 3.48. The van der Waals surface area contributed by atoms with E-state index in [0.29, 0.717) is 6.54 Å². The maximum Gasteiger partial charge on any atom is 0.0840 e. The summed E-state index contributed by atoms with van der Waals surface area (Å²) in [5.41, 5.74) is 5.26. The predicted octanol–water partition coefficient (Wildman–Crippen LogP) is 3.56. The Morgan fingerprint density at radius 2 is 1.39 bits per heavy atom. The van der Waals surface area contributed by atoms with Gasteiger partial charge in [-0.1, -0.05) is 42.3 Å². The van der Waals surface area contributed by atoms with Crippen LogP contribution >= 0.6 is 0 Å². The molecule has 0 fully saturated rings. The standard InChI is InChI=1S/C17H15N/c1-2-13-18-16-9-5-3-7-14(16)11-12-15-8-4-6-10-17(15)18/h1,3-10H,11-13H2. The first kappa shape index (κ1) is 10.9. The lowest BCUT2D eigenvalue weighted by atomic mass is 10.0. The molecule has 1 aliphatic rings. The molecule has 0 unspecified atom stereocenters. The molecule has 0 saturated carbocycles. The minimum Gasteiger partial charge on any atom is -0.329 e. The van der Waals surface area contributed by atoms with E-state index in [0.717, 1.165) is 12.8 Å². The molecule has 2 aromatic carbocycles. The summed E-state index contributed by atoms with van der Waals surface area (Å²) in [6, 6.07) is 17.1. The van der Waals surface area contributed by atoms with E-state index in [4.69, 9.17) is 6.42 Å². The van der Waals surface area contributed by atoms with E-state index in [2.05, 4.69) is 59.4 Å². The molecular weight excluding hydrogens is 218 g/mol. The van der Waals surface area contributed by atoms with Crippen LogP contribution < -0.4 is 4.90 Å². The van der Waals surface area contributed by atoms with Crippen molar-refractivity contribution in [1.82, 2.24) is 0 Å². The molecule has 1 heterocycles. The van der Waals surface area contributed by atoms with Gasteiger partial charge in [-0.15, -0.1) is 6.42 Å². The van der Waals surface area contributed by atoms with Crippen molar-refractivity contribution in [2.24, 2.45) is 0 Å². The summed E-state index contributed by atoms with van der Waals surface area (Å²) in [5, 5.41) is 0. The Morgan fingerprint density at radius 3 is 1.89 bits per heavy atom. The lowest BCUT2D eigenvalue weighted by molar-refractivity contribution is 0.977. The summed E-state index contributed by atoms with van der Waals surface area (Å²) in [4.78, 5) is 2.25. The zero-order chi connectivity index (χ0) is 12.4. The Labute approximate surface area is 108 Å². The zero-order valence-electron chi connectivity index (χ0n) is 10.3. The smallest absolute Gasteiger partial charge is 0.0840 e.